The summed E-state index contributed by atoms with van der Waals surface area (Å²) in [6.45, 7) is 9.82. The highest BCUT2D eigenvalue weighted by atomic mass is 32.1. The van der Waals surface area contributed by atoms with Crippen molar-refractivity contribution >= 4 is 29.0 Å². The van der Waals surface area contributed by atoms with Gasteiger partial charge >= 0.3 is 0 Å². The minimum atomic E-state index is -0.761. The van der Waals surface area contributed by atoms with Gasteiger partial charge in [-0.3, -0.25) is 9.59 Å². The van der Waals surface area contributed by atoms with Crippen molar-refractivity contribution in [1.29, 1.82) is 0 Å². The van der Waals surface area contributed by atoms with Gasteiger partial charge in [-0.05, 0) is 50.2 Å². The first kappa shape index (κ1) is 28.3. The van der Waals surface area contributed by atoms with E-state index in [4.69, 9.17) is 4.52 Å². The standard InChI is InChI=1S/C30H39N5O4S/c1-18(2)27(25-15-26(33-39-25)34-12-6-5-7-13-34)30(38)35-16-23(36)14-24(35)29(37)32-19(3)21-8-10-22(11-9-21)28-20(4)31-17-40-28/h8-11,15,17-19,23-24,27,36H,5-7,12-14,16H2,1-4H3,(H,32,37)/t19-,23+,24-,27?/m0/s1. The molecule has 4 heterocycles. The van der Waals surface area contributed by atoms with E-state index in [1.165, 1.54) is 11.3 Å². The molecule has 3 aromatic rings. The van der Waals surface area contributed by atoms with Crippen LogP contribution in [0.4, 0.5) is 5.82 Å². The molecule has 5 rings (SSSR count). The Morgan fingerprint density at radius 3 is 2.50 bits per heavy atom. The van der Waals surface area contributed by atoms with E-state index in [9.17, 15) is 14.7 Å². The summed E-state index contributed by atoms with van der Waals surface area (Å²) in [6, 6.07) is 8.94. The number of β-amino-alcohol motifs (C(OH)–C–C–N with tert-alkyl or cyclic N) is 1. The number of hydrogen-bond acceptors (Lipinski definition) is 8. The molecular weight excluding hydrogens is 526 g/mol. The predicted octanol–water partition coefficient (Wildman–Crippen LogP) is 4.68. The average Bonchev–Trinajstić information content (AvgIpc) is 3.69. The summed E-state index contributed by atoms with van der Waals surface area (Å²) in [7, 11) is 0. The summed E-state index contributed by atoms with van der Waals surface area (Å²) in [5.74, 6) is 0.112. The van der Waals surface area contributed by atoms with E-state index in [2.05, 4.69) is 20.4 Å². The third kappa shape index (κ3) is 5.93. The summed E-state index contributed by atoms with van der Waals surface area (Å²) in [6.07, 6.45) is 2.89. The number of carbonyl (C=O) groups excluding carboxylic acids is 2. The number of aliphatic hydroxyl groups excluding tert-OH is 1. The number of hydrogen-bond donors (Lipinski definition) is 2. The second-order valence-electron chi connectivity index (χ2n) is 11.4. The molecule has 2 fully saturated rings. The molecular formula is C30H39N5O4S. The van der Waals surface area contributed by atoms with Gasteiger partial charge in [0.25, 0.3) is 0 Å². The molecule has 0 spiro atoms. The average molecular weight is 566 g/mol. The number of aliphatic hydroxyl groups is 1. The molecule has 2 aromatic heterocycles. The first-order chi connectivity index (χ1) is 19.2. The van der Waals surface area contributed by atoms with Crippen molar-refractivity contribution in [1.82, 2.24) is 20.4 Å². The summed E-state index contributed by atoms with van der Waals surface area (Å²) in [5, 5.41) is 17.8. The third-order valence-electron chi connectivity index (χ3n) is 8.08. The molecule has 2 amide bonds. The lowest BCUT2D eigenvalue weighted by Gasteiger charge is -2.29. The highest BCUT2D eigenvalue weighted by Gasteiger charge is 2.43. The molecule has 0 radical (unpaired) electrons. The molecule has 214 valence electrons. The number of carbonyl (C=O) groups is 2. The fourth-order valence-electron chi connectivity index (χ4n) is 5.81. The van der Waals surface area contributed by atoms with Crippen LogP contribution >= 0.6 is 11.3 Å². The van der Waals surface area contributed by atoms with Gasteiger partial charge in [-0.2, -0.15) is 0 Å². The minimum Gasteiger partial charge on any atom is -0.391 e. The molecule has 2 aliphatic rings. The van der Waals surface area contributed by atoms with Crippen LogP contribution in [0.15, 0.2) is 40.4 Å². The first-order valence-electron chi connectivity index (χ1n) is 14.2. The van der Waals surface area contributed by atoms with Crippen LogP contribution in [0.5, 0.6) is 0 Å². The van der Waals surface area contributed by atoms with Crippen molar-refractivity contribution in [3.05, 3.63) is 52.9 Å². The Morgan fingerprint density at radius 1 is 1.12 bits per heavy atom. The van der Waals surface area contributed by atoms with Gasteiger partial charge in [0.1, 0.15) is 12.0 Å². The number of likely N-dealkylation sites (tertiary alicyclic amines) is 1. The largest absolute Gasteiger partial charge is 0.391 e. The maximum Gasteiger partial charge on any atom is 0.243 e. The molecule has 2 aliphatic heterocycles. The topological polar surface area (TPSA) is 112 Å². The van der Waals surface area contributed by atoms with Crippen LogP contribution < -0.4 is 10.2 Å². The van der Waals surface area contributed by atoms with Crippen molar-refractivity contribution in [2.75, 3.05) is 24.5 Å². The van der Waals surface area contributed by atoms with Crippen LogP contribution in [0, 0.1) is 12.8 Å². The lowest BCUT2D eigenvalue weighted by molar-refractivity contribution is -0.141. The van der Waals surface area contributed by atoms with E-state index in [1.807, 2.05) is 63.5 Å². The van der Waals surface area contributed by atoms with Gasteiger partial charge in [0, 0.05) is 32.1 Å². The maximum atomic E-state index is 13.9. The van der Waals surface area contributed by atoms with Crippen LogP contribution in [0.1, 0.15) is 75.4 Å². The van der Waals surface area contributed by atoms with Crippen LogP contribution in [0.25, 0.3) is 10.4 Å². The molecule has 2 N–H and O–H groups in total. The van der Waals surface area contributed by atoms with Gasteiger partial charge in [-0.15, -0.1) is 11.3 Å². The zero-order valence-electron chi connectivity index (χ0n) is 23.7. The smallest absolute Gasteiger partial charge is 0.243 e. The molecule has 4 atom stereocenters. The van der Waals surface area contributed by atoms with E-state index >= 15 is 0 Å². The quantitative estimate of drug-likeness (QED) is 0.408. The molecule has 2 saturated heterocycles. The number of nitrogens with zero attached hydrogens (tertiary/aromatic N) is 4. The summed E-state index contributed by atoms with van der Waals surface area (Å²) < 4.78 is 5.71. The zero-order chi connectivity index (χ0) is 28.4. The summed E-state index contributed by atoms with van der Waals surface area (Å²) in [4.78, 5) is 36.5. The van der Waals surface area contributed by atoms with Crippen molar-refractivity contribution in [2.24, 2.45) is 5.92 Å². The summed E-state index contributed by atoms with van der Waals surface area (Å²) in [5.41, 5.74) is 4.89. The van der Waals surface area contributed by atoms with E-state index < -0.39 is 18.1 Å². The van der Waals surface area contributed by atoms with E-state index in [0.29, 0.717) is 5.76 Å². The number of benzene rings is 1. The highest BCUT2D eigenvalue weighted by molar-refractivity contribution is 7.13. The molecule has 9 nitrogen and oxygen atoms in total. The lowest BCUT2D eigenvalue weighted by Crippen LogP contribution is -2.48. The third-order valence-corrected chi connectivity index (χ3v) is 9.05. The van der Waals surface area contributed by atoms with E-state index in [0.717, 1.165) is 53.4 Å². The Balaban J connectivity index is 1.28. The number of piperidine rings is 1. The van der Waals surface area contributed by atoms with Gasteiger partial charge in [0.05, 0.1) is 28.2 Å². The number of amides is 2. The number of thiazole rings is 1. The van der Waals surface area contributed by atoms with Gasteiger partial charge in [-0.1, -0.05) is 43.3 Å². The Morgan fingerprint density at radius 2 is 1.85 bits per heavy atom. The second kappa shape index (κ2) is 12.1. The number of aryl methyl sites for hydroxylation is 1. The Kier molecular flexibility index (Phi) is 8.56. The zero-order valence-corrected chi connectivity index (χ0v) is 24.5. The molecule has 1 unspecified atom stereocenters. The molecule has 1 aromatic carbocycles. The van der Waals surface area contributed by atoms with Crippen LogP contribution in [-0.4, -0.2) is 63.7 Å². The van der Waals surface area contributed by atoms with E-state index in [1.54, 1.807) is 11.3 Å². The molecule has 40 heavy (non-hydrogen) atoms. The molecule has 0 saturated carbocycles. The van der Waals surface area contributed by atoms with Gasteiger partial charge in [0.2, 0.25) is 11.8 Å². The Labute approximate surface area is 239 Å². The van der Waals surface area contributed by atoms with Gasteiger partial charge < -0.3 is 24.7 Å². The van der Waals surface area contributed by atoms with Crippen molar-refractivity contribution in [3.8, 4) is 10.4 Å². The maximum absolute atomic E-state index is 13.9. The number of rotatable bonds is 8. The monoisotopic (exact) mass is 565 g/mol. The van der Waals surface area contributed by atoms with Crippen LogP contribution in [0.2, 0.25) is 0 Å². The van der Waals surface area contributed by atoms with Gasteiger partial charge in [0.15, 0.2) is 11.6 Å². The number of aromatic nitrogens is 2. The fraction of sp³-hybridized carbons (Fsp3) is 0.533. The summed E-state index contributed by atoms with van der Waals surface area (Å²) >= 11 is 1.60. The van der Waals surface area contributed by atoms with Crippen LogP contribution in [0.3, 0.4) is 0 Å². The lowest BCUT2D eigenvalue weighted by atomic mass is 9.91. The van der Waals surface area contributed by atoms with Crippen LogP contribution in [-0.2, 0) is 9.59 Å². The SMILES string of the molecule is Cc1ncsc1-c1ccc([C@H](C)NC(=O)[C@@H]2C[C@@H](O)CN2C(=O)C(c2cc(N3CCCCC3)no2)C(C)C)cc1. The Bertz CT molecular complexity index is 1310. The number of anilines is 1. The molecule has 0 bridgehead atoms. The van der Waals surface area contributed by atoms with Gasteiger partial charge in [-0.25, -0.2) is 4.98 Å². The first-order valence-corrected chi connectivity index (χ1v) is 15.1. The normalized spacial score (nSPS) is 21.1. The molecule has 10 heteroatoms. The Hall–Kier alpha value is -3.24. The minimum absolute atomic E-state index is 0.0734. The van der Waals surface area contributed by atoms with Crippen molar-refractivity contribution in [2.45, 2.75) is 77.5 Å². The van der Waals surface area contributed by atoms with E-state index in [-0.39, 0.29) is 36.7 Å². The predicted molar refractivity (Wildman–Crippen MR) is 155 cm³/mol. The second-order valence-corrected chi connectivity index (χ2v) is 12.2. The van der Waals surface area contributed by atoms with Crippen molar-refractivity contribution in [3.63, 3.8) is 0 Å². The highest BCUT2D eigenvalue weighted by Crippen LogP contribution is 2.33. The molecule has 0 aliphatic carbocycles. The number of nitrogens with one attached hydrogen (secondary N) is 1. The van der Waals surface area contributed by atoms with Crippen molar-refractivity contribution < 1.29 is 19.2 Å². The fourth-order valence-corrected chi connectivity index (χ4v) is 6.62.